The lowest BCUT2D eigenvalue weighted by atomic mass is 10.2. The SMILES string of the molecule is CC(C)c1csc(C[N+](C)(C)C)n1. The number of thiazole rings is 1. The van der Waals surface area contributed by atoms with Crippen LogP contribution in [-0.2, 0) is 6.54 Å². The van der Waals surface area contributed by atoms with Gasteiger partial charge in [-0.25, -0.2) is 4.98 Å². The Bertz CT molecular complexity index is 271. The van der Waals surface area contributed by atoms with Gasteiger partial charge in [-0.15, -0.1) is 11.3 Å². The molecule has 0 aliphatic heterocycles. The molecule has 0 amide bonds. The third-order valence-corrected chi connectivity index (χ3v) is 2.62. The van der Waals surface area contributed by atoms with Crippen LogP contribution < -0.4 is 0 Å². The van der Waals surface area contributed by atoms with Gasteiger partial charge in [0.15, 0.2) is 0 Å². The van der Waals surface area contributed by atoms with Crippen molar-refractivity contribution in [1.29, 1.82) is 0 Å². The van der Waals surface area contributed by atoms with Crippen LogP contribution >= 0.6 is 11.3 Å². The molecule has 2 nitrogen and oxygen atoms in total. The van der Waals surface area contributed by atoms with Crippen LogP contribution in [0.25, 0.3) is 0 Å². The second-order valence-corrected chi connectivity index (χ2v) is 5.71. The summed E-state index contributed by atoms with van der Waals surface area (Å²) in [7, 11) is 6.57. The van der Waals surface area contributed by atoms with Crippen molar-refractivity contribution in [3.8, 4) is 0 Å². The minimum atomic E-state index is 0.553. The molecule has 0 saturated heterocycles. The fraction of sp³-hybridized carbons (Fsp3) is 0.700. The number of rotatable bonds is 3. The van der Waals surface area contributed by atoms with E-state index in [9.17, 15) is 0 Å². The summed E-state index contributed by atoms with van der Waals surface area (Å²) in [6, 6.07) is 0. The number of aromatic nitrogens is 1. The highest BCUT2D eigenvalue weighted by Gasteiger charge is 2.12. The molecule has 0 bridgehead atoms. The first-order chi connectivity index (χ1) is 5.88. The summed E-state index contributed by atoms with van der Waals surface area (Å²) in [6.07, 6.45) is 0. The van der Waals surface area contributed by atoms with Crippen molar-refractivity contribution in [3.63, 3.8) is 0 Å². The first kappa shape index (κ1) is 10.7. The Hall–Kier alpha value is -0.410. The molecule has 1 aromatic rings. The Morgan fingerprint density at radius 1 is 1.38 bits per heavy atom. The van der Waals surface area contributed by atoms with Crippen molar-refractivity contribution < 1.29 is 4.48 Å². The van der Waals surface area contributed by atoms with Gasteiger partial charge in [0.25, 0.3) is 0 Å². The van der Waals surface area contributed by atoms with Gasteiger partial charge < -0.3 is 4.48 Å². The highest BCUT2D eigenvalue weighted by Crippen LogP contribution is 2.19. The van der Waals surface area contributed by atoms with Crippen molar-refractivity contribution in [3.05, 3.63) is 16.1 Å². The van der Waals surface area contributed by atoms with Gasteiger partial charge in [-0.2, -0.15) is 0 Å². The third kappa shape index (κ3) is 3.44. The van der Waals surface area contributed by atoms with E-state index < -0.39 is 0 Å². The topological polar surface area (TPSA) is 12.9 Å². The van der Waals surface area contributed by atoms with Crippen LogP contribution in [0.2, 0.25) is 0 Å². The molecule has 0 aromatic carbocycles. The molecule has 1 aromatic heterocycles. The Kier molecular flexibility index (Phi) is 3.09. The lowest BCUT2D eigenvalue weighted by molar-refractivity contribution is -0.883. The van der Waals surface area contributed by atoms with Gasteiger partial charge in [0.2, 0.25) is 0 Å². The average Bonchev–Trinajstić information content (AvgIpc) is 2.31. The lowest BCUT2D eigenvalue weighted by Gasteiger charge is -2.22. The molecule has 0 radical (unpaired) electrons. The van der Waals surface area contributed by atoms with Gasteiger partial charge >= 0.3 is 0 Å². The lowest BCUT2D eigenvalue weighted by Crippen LogP contribution is -2.33. The quantitative estimate of drug-likeness (QED) is 0.682. The predicted molar refractivity (Wildman–Crippen MR) is 57.9 cm³/mol. The van der Waals surface area contributed by atoms with Crippen LogP contribution in [0.15, 0.2) is 5.38 Å². The fourth-order valence-corrected chi connectivity index (χ4v) is 2.27. The summed E-state index contributed by atoms with van der Waals surface area (Å²) < 4.78 is 0.949. The molecule has 13 heavy (non-hydrogen) atoms. The zero-order chi connectivity index (χ0) is 10.1. The zero-order valence-corrected chi connectivity index (χ0v) is 9.98. The van der Waals surface area contributed by atoms with E-state index in [4.69, 9.17) is 0 Å². The van der Waals surface area contributed by atoms with Crippen LogP contribution in [0, 0.1) is 0 Å². The maximum atomic E-state index is 4.60. The molecule has 0 N–H and O–H groups in total. The van der Waals surface area contributed by atoms with Crippen LogP contribution in [-0.4, -0.2) is 30.6 Å². The molecule has 1 heterocycles. The van der Waals surface area contributed by atoms with Crippen LogP contribution in [0.4, 0.5) is 0 Å². The van der Waals surface area contributed by atoms with Gasteiger partial charge in [0.05, 0.1) is 26.8 Å². The number of quaternary nitrogens is 1. The van der Waals surface area contributed by atoms with Crippen LogP contribution in [0.3, 0.4) is 0 Å². The fourth-order valence-electron chi connectivity index (χ4n) is 1.07. The number of hydrogen-bond acceptors (Lipinski definition) is 2. The normalized spacial score (nSPS) is 12.5. The second kappa shape index (κ2) is 3.76. The smallest absolute Gasteiger partial charge is 0.147 e. The molecule has 0 atom stereocenters. The molecule has 3 heteroatoms. The molecule has 1 rings (SSSR count). The molecular weight excluding hydrogens is 180 g/mol. The molecule has 0 fully saturated rings. The van der Waals surface area contributed by atoms with Crippen LogP contribution in [0.1, 0.15) is 30.5 Å². The maximum Gasteiger partial charge on any atom is 0.147 e. The van der Waals surface area contributed by atoms with Gasteiger partial charge in [0.1, 0.15) is 11.6 Å². The summed E-state index contributed by atoms with van der Waals surface area (Å²) in [6.45, 7) is 5.40. The molecule has 0 unspecified atom stereocenters. The van der Waals surface area contributed by atoms with Crippen molar-refractivity contribution in [2.24, 2.45) is 0 Å². The number of hydrogen-bond donors (Lipinski definition) is 0. The summed E-state index contributed by atoms with van der Waals surface area (Å²) in [4.78, 5) is 4.60. The van der Waals surface area contributed by atoms with Crippen molar-refractivity contribution in [1.82, 2.24) is 4.98 Å². The molecule has 74 valence electrons. The van der Waals surface area contributed by atoms with Crippen LogP contribution in [0.5, 0.6) is 0 Å². The van der Waals surface area contributed by atoms with Crippen molar-refractivity contribution >= 4 is 11.3 Å². The minimum Gasteiger partial charge on any atom is -0.325 e. The van der Waals surface area contributed by atoms with Gasteiger partial charge in [-0.3, -0.25) is 0 Å². The molecule has 0 aliphatic rings. The van der Waals surface area contributed by atoms with E-state index in [2.05, 4.69) is 45.4 Å². The first-order valence-corrected chi connectivity index (χ1v) is 5.51. The Labute approximate surface area is 84.8 Å². The molecular formula is C10H19N2S+. The van der Waals surface area contributed by atoms with Gasteiger partial charge in [0, 0.05) is 5.38 Å². The monoisotopic (exact) mass is 199 g/mol. The minimum absolute atomic E-state index is 0.553. The van der Waals surface area contributed by atoms with E-state index in [0.29, 0.717) is 5.92 Å². The highest BCUT2D eigenvalue weighted by molar-refractivity contribution is 7.09. The predicted octanol–water partition coefficient (Wildman–Crippen LogP) is 2.47. The standard InChI is InChI=1S/C10H19N2S/c1-8(2)9-7-13-10(11-9)6-12(3,4)5/h7-8H,6H2,1-5H3/q+1. The van der Waals surface area contributed by atoms with Gasteiger partial charge in [-0.1, -0.05) is 13.8 Å². The first-order valence-electron chi connectivity index (χ1n) is 4.63. The molecule has 0 saturated carbocycles. The molecule has 0 spiro atoms. The average molecular weight is 199 g/mol. The third-order valence-electron chi connectivity index (χ3n) is 1.77. The second-order valence-electron chi connectivity index (χ2n) is 4.77. The Morgan fingerprint density at radius 3 is 2.38 bits per heavy atom. The van der Waals surface area contributed by atoms with Gasteiger partial charge in [-0.05, 0) is 5.92 Å². The summed E-state index contributed by atoms with van der Waals surface area (Å²) >= 11 is 1.78. The summed E-state index contributed by atoms with van der Waals surface area (Å²) in [5, 5.41) is 3.42. The number of nitrogens with zero attached hydrogens (tertiary/aromatic N) is 2. The van der Waals surface area contributed by atoms with Crippen molar-refractivity contribution in [2.45, 2.75) is 26.3 Å². The van der Waals surface area contributed by atoms with E-state index in [1.54, 1.807) is 11.3 Å². The van der Waals surface area contributed by atoms with E-state index >= 15 is 0 Å². The largest absolute Gasteiger partial charge is 0.325 e. The highest BCUT2D eigenvalue weighted by atomic mass is 32.1. The van der Waals surface area contributed by atoms with E-state index in [1.165, 1.54) is 10.7 Å². The van der Waals surface area contributed by atoms with Crippen molar-refractivity contribution in [2.75, 3.05) is 21.1 Å². The maximum absolute atomic E-state index is 4.60. The summed E-state index contributed by atoms with van der Waals surface area (Å²) in [5.41, 5.74) is 1.23. The Balaban J connectivity index is 2.70. The Morgan fingerprint density at radius 2 is 2.00 bits per heavy atom. The van der Waals surface area contributed by atoms with E-state index in [-0.39, 0.29) is 0 Å². The zero-order valence-electron chi connectivity index (χ0n) is 9.16. The van der Waals surface area contributed by atoms with E-state index in [0.717, 1.165) is 11.0 Å². The molecule has 0 aliphatic carbocycles. The van der Waals surface area contributed by atoms with E-state index in [1.807, 2.05) is 0 Å². The summed E-state index contributed by atoms with van der Waals surface area (Å²) in [5.74, 6) is 0.553.